The van der Waals surface area contributed by atoms with Crippen LogP contribution >= 0.6 is 11.6 Å². The van der Waals surface area contributed by atoms with Crippen LogP contribution in [0.5, 0.6) is 5.75 Å². The minimum Gasteiger partial charge on any atom is -0.489 e. The summed E-state index contributed by atoms with van der Waals surface area (Å²) >= 11 is 5.84. The zero-order chi connectivity index (χ0) is 20.6. The number of carbonyl (C=O) groups excluding carboxylic acids is 2. The Hall–Kier alpha value is -3.31. The van der Waals surface area contributed by atoms with E-state index in [2.05, 4.69) is 5.32 Å². The average molecular weight is 409 g/mol. The Kier molecular flexibility index (Phi) is 6.87. The Bertz CT molecular complexity index is 975. The highest BCUT2D eigenvalue weighted by Crippen LogP contribution is 2.17. The first-order valence-electron chi connectivity index (χ1n) is 9.12. The number of primary amides is 1. The van der Waals surface area contributed by atoms with Gasteiger partial charge in [0.2, 0.25) is 5.91 Å². The van der Waals surface area contributed by atoms with Crippen LogP contribution in [0.15, 0.2) is 78.9 Å². The molecule has 3 rings (SSSR count). The molecule has 1 atom stereocenters. The molecular weight excluding hydrogens is 388 g/mol. The minimum absolute atomic E-state index is 0.261. The average Bonchev–Trinajstić information content (AvgIpc) is 2.73. The molecule has 0 fully saturated rings. The number of halogens is 1. The van der Waals surface area contributed by atoms with Gasteiger partial charge in [-0.25, -0.2) is 0 Å². The Morgan fingerprint density at radius 2 is 1.62 bits per heavy atom. The lowest BCUT2D eigenvalue weighted by Crippen LogP contribution is -2.45. The zero-order valence-electron chi connectivity index (χ0n) is 15.7. The van der Waals surface area contributed by atoms with Crippen LogP contribution in [0.25, 0.3) is 0 Å². The van der Waals surface area contributed by atoms with Gasteiger partial charge in [0.05, 0.1) is 0 Å². The van der Waals surface area contributed by atoms with E-state index in [1.807, 2.05) is 54.6 Å². The van der Waals surface area contributed by atoms with Gasteiger partial charge in [0.15, 0.2) is 0 Å². The number of nitrogens with two attached hydrogens (primary N) is 1. The molecule has 0 aromatic heterocycles. The molecule has 0 aliphatic heterocycles. The summed E-state index contributed by atoms with van der Waals surface area (Å²) in [4.78, 5) is 24.3. The fourth-order valence-corrected chi connectivity index (χ4v) is 2.93. The van der Waals surface area contributed by atoms with Crippen molar-refractivity contribution in [2.75, 3.05) is 0 Å². The Labute approximate surface area is 174 Å². The van der Waals surface area contributed by atoms with Crippen LogP contribution in [0.2, 0.25) is 5.02 Å². The van der Waals surface area contributed by atoms with Gasteiger partial charge in [-0.1, -0.05) is 54.1 Å². The molecule has 0 bridgehead atoms. The maximum absolute atomic E-state index is 12.4. The number of ether oxygens (including phenoxy) is 1. The quantitative estimate of drug-likeness (QED) is 0.595. The van der Waals surface area contributed by atoms with Crippen LogP contribution in [-0.2, 0) is 17.8 Å². The fraction of sp³-hybridized carbons (Fsp3) is 0.130. The molecule has 0 saturated heterocycles. The predicted molar refractivity (Wildman–Crippen MR) is 113 cm³/mol. The Morgan fingerprint density at radius 1 is 0.931 bits per heavy atom. The van der Waals surface area contributed by atoms with Gasteiger partial charge in [0, 0.05) is 17.0 Å². The molecule has 6 heteroatoms. The van der Waals surface area contributed by atoms with E-state index < -0.39 is 11.9 Å². The molecule has 0 aliphatic carbocycles. The van der Waals surface area contributed by atoms with E-state index in [-0.39, 0.29) is 12.3 Å². The van der Waals surface area contributed by atoms with Crippen molar-refractivity contribution in [2.24, 2.45) is 5.73 Å². The smallest absolute Gasteiger partial charge is 0.251 e. The molecule has 148 valence electrons. The number of rotatable bonds is 8. The molecule has 0 saturated carbocycles. The molecule has 0 radical (unpaired) electrons. The summed E-state index contributed by atoms with van der Waals surface area (Å²) in [5.41, 5.74) is 7.79. The van der Waals surface area contributed by atoms with E-state index in [1.165, 1.54) is 0 Å². The number of carbonyl (C=O) groups is 2. The van der Waals surface area contributed by atoms with Crippen LogP contribution in [-0.4, -0.2) is 17.9 Å². The third-order valence-corrected chi connectivity index (χ3v) is 4.59. The normalized spacial score (nSPS) is 11.5. The van der Waals surface area contributed by atoms with Crippen molar-refractivity contribution in [1.82, 2.24) is 5.32 Å². The SMILES string of the molecule is NC(=O)[C@@H](Cc1cccc(OCc2ccccc2)c1)NC(=O)c1ccc(Cl)cc1. The van der Waals surface area contributed by atoms with Crippen LogP contribution in [0.1, 0.15) is 21.5 Å². The van der Waals surface area contributed by atoms with Crippen LogP contribution in [0.4, 0.5) is 0 Å². The van der Waals surface area contributed by atoms with Crippen molar-refractivity contribution in [1.29, 1.82) is 0 Å². The lowest BCUT2D eigenvalue weighted by Gasteiger charge is -2.16. The molecule has 3 aromatic carbocycles. The van der Waals surface area contributed by atoms with Gasteiger partial charge in [0.25, 0.3) is 5.91 Å². The summed E-state index contributed by atoms with van der Waals surface area (Å²) in [6, 6.07) is 22.8. The topological polar surface area (TPSA) is 81.4 Å². The third-order valence-electron chi connectivity index (χ3n) is 4.34. The maximum atomic E-state index is 12.4. The summed E-state index contributed by atoms with van der Waals surface area (Å²) in [6.07, 6.45) is 0.261. The minimum atomic E-state index is -0.845. The van der Waals surface area contributed by atoms with Gasteiger partial charge in [0.1, 0.15) is 18.4 Å². The lowest BCUT2D eigenvalue weighted by molar-refractivity contribution is -0.119. The van der Waals surface area contributed by atoms with Crippen molar-refractivity contribution in [3.8, 4) is 5.75 Å². The van der Waals surface area contributed by atoms with Gasteiger partial charge in [-0.2, -0.15) is 0 Å². The van der Waals surface area contributed by atoms with Crippen molar-refractivity contribution >= 4 is 23.4 Å². The highest BCUT2D eigenvalue weighted by Gasteiger charge is 2.19. The number of nitrogens with one attached hydrogen (secondary N) is 1. The molecule has 0 aliphatic rings. The second kappa shape index (κ2) is 9.75. The molecule has 0 heterocycles. The molecule has 2 amide bonds. The molecule has 5 nitrogen and oxygen atoms in total. The van der Waals surface area contributed by atoms with Crippen molar-refractivity contribution in [2.45, 2.75) is 19.1 Å². The van der Waals surface area contributed by atoms with Gasteiger partial charge < -0.3 is 15.8 Å². The van der Waals surface area contributed by atoms with E-state index in [0.717, 1.165) is 11.1 Å². The molecule has 29 heavy (non-hydrogen) atoms. The van der Waals surface area contributed by atoms with E-state index >= 15 is 0 Å². The number of hydrogen-bond acceptors (Lipinski definition) is 3. The molecular formula is C23H21ClN2O3. The first kappa shape index (κ1) is 20.4. The van der Waals surface area contributed by atoms with E-state index in [4.69, 9.17) is 22.1 Å². The van der Waals surface area contributed by atoms with Crippen molar-refractivity contribution < 1.29 is 14.3 Å². The number of benzene rings is 3. The second-order valence-electron chi connectivity index (χ2n) is 6.56. The van der Waals surface area contributed by atoms with Crippen molar-refractivity contribution in [3.63, 3.8) is 0 Å². The predicted octanol–water partition coefficient (Wildman–Crippen LogP) is 3.75. The fourth-order valence-electron chi connectivity index (χ4n) is 2.80. The highest BCUT2D eigenvalue weighted by atomic mass is 35.5. The molecule has 3 N–H and O–H groups in total. The van der Waals surface area contributed by atoms with E-state index in [1.54, 1.807) is 24.3 Å². The standard InChI is InChI=1S/C23H21ClN2O3/c24-19-11-9-18(10-12-19)23(28)26-21(22(25)27)14-17-7-4-8-20(13-17)29-15-16-5-2-1-3-6-16/h1-13,21H,14-15H2,(H2,25,27)(H,26,28)/t21-/m1/s1. The first-order chi connectivity index (χ1) is 14.0. The highest BCUT2D eigenvalue weighted by molar-refractivity contribution is 6.30. The molecule has 0 spiro atoms. The van der Waals surface area contributed by atoms with Gasteiger partial charge in [-0.15, -0.1) is 0 Å². The summed E-state index contributed by atoms with van der Waals surface area (Å²) in [7, 11) is 0. The Balaban J connectivity index is 1.64. The van der Waals surface area contributed by atoms with Gasteiger partial charge >= 0.3 is 0 Å². The van der Waals surface area contributed by atoms with Crippen LogP contribution < -0.4 is 15.8 Å². The lowest BCUT2D eigenvalue weighted by atomic mass is 10.0. The van der Waals surface area contributed by atoms with Crippen molar-refractivity contribution in [3.05, 3.63) is 101 Å². The molecule has 0 unspecified atom stereocenters. The monoisotopic (exact) mass is 408 g/mol. The number of hydrogen-bond donors (Lipinski definition) is 2. The summed E-state index contributed by atoms with van der Waals surface area (Å²) < 4.78 is 5.82. The largest absolute Gasteiger partial charge is 0.489 e. The van der Waals surface area contributed by atoms with Gasteiger partial charge in [-0.05, 0) is 47.5 Å². The first-order valence-corrected chi connectivity index (χ1v) is 9.50. The van der Waals surface area contributed by atoms with E-state index in [9.17, 15) is 9.59 Å². The van der Waals surface area contributed by atoms with Crippen LogP contribution in [0, 0.1) is 0 Å². The summed E-state index contributed by atoms with van der Waals surface area (Å²) in [5, 5.41) is 3.21. The second-order valence-corrected chi connectivity index (χ2v) is 7.00. The Morgan fingerprint density at radius 3 is 2.31 bits per heavy atom. The summed E-state index contributed by atoms with van der Waals surface area (Å²) in [5.74, 6) is -0.316. The van der Waals surface area contributed by atoms with Crippen LogP contribution in [0.3, 0.4) is 0 Å². The maximum Gasteiger partial charge on any atom is 0.251 e. The van der Waals surface area contributed by atoms with E-state index in [0.29, 0.717) is 22.9 Å². The summed E-state index contributed by atoms with van der Waals surface area (Å²) in [6.45, 7) is 0.441. The molecule has 3 aromatic rings. The van der Waals surface area contributed by atoms with Gasteiger partial charge in [-0.3, -0.25) is 9.59 Å². The number of amides is 2. The third kappa shape index (κ3) is 6.09. The zero-order valence-corrected chi connectivity index (χ0v) is 16.4.